The molecule has 3 heterocycles. The molecule has 3 rings (SSSR count). The van der Waals surface area contributed by atoms with Crippen LogP contribution in [0.5, 0.6) is 0 Å². The van der Waals surface area contributed by atoms with Crippen LogP contribution in [0.15, 0.2) is 15.7 Å². The van der Waals surface area contributed by atoms with E-state index >= 15 is 0 Å². The highest BCUT2D eigenvalue weighted by atomic mass is 32.2. The predicted molar refractivity (Wildman–Crippen MR) is 81.7 cm³/mol. The molecule has 2 fully saturated rings. The van der Waals surface area contributed by atoms with Gasteiger partial charge in [-0.05, 0) is 42.2 Å². The molecule has 0 saturated carbocycles. The molecule has 1 aromatic rings. The van der Waals surface area contributed by atoms with Gasteiger partial charge in [0.1, 0.15) is 4.21 Å². The normalized spacial score (nSPS) is 23.1. The summed E-state index contributed by atoms with van der Waals surface area (Å²) in [6.07, 6.45) is 2.11. The second-order valence-electron chi connectivity index (χ2n) is 6.22. The summed E-state index contributed by atoms with van der Waals surface area (Å²) in [5, 5.41) is 1.82. The number of carbonyl (C=O) groups is 1. The fourth-order valence-corrected chi connectivity index (χ4v) is 6.37. The van der Waals surface area contributed by atoms with Gasteiger partial charge in [-0.15, -0.1) is 11.3 Å². The maximum atomic E-state index is 12.7. The molecule has 1 spiro atoms. The lowest BCUT2D eigenvalue weighted by molar-refractivity contribution is -0.126. The number of piperidine rings is 1. The summed E-state index contributed by atoms with van der Waals surface area (Å²) < 4.78 is 27.4. The molecular weight excluding hydrogens is 308 g/mol. The molecule has 2 saturated heterocycles. The van der Waals surface area contributed by atoms with Gasteiger partial charge in [-0.2, -0.15) is 4.31 Å². The number of rotatable bonds is 2. The van der Waals surface area contributed by atoms with Crippen molar-refractivity contribution in [3.8, 4) is 0 Å². The Morgan fingerprint density at radius 1 is 1.29 bits per heavy atom. The standard InChI is InChI=1S/C14H20N2O3S2/c1-11-3-8-20-13(11)21(18,19)16-6-4-14(5-7-16)9-12(17)15(2)10-14/h3,8H,4-7,9-10H2,1-2H3. The smallest absolute Gasteiger partial charge is 0.252 e. The molecule has 0 radical (unpaired) electrons. The molecule has 0 bridgehead atoms. The lowest BCUT2D eigenvalue weighted by Gasteiger charge is -2.37. The van der Waals surface area contributed by atoms with E-state index in [1.165, 1.54) is 11.3 Å². The first-order valence-corrected chi connectivity index (χ1v) is 9.44. The number of hydrogen-bond acceptors (Lipinski definition) is 4. The number of sulfonamides is 1. The number of nitrogens with zero attached hydrogens (tertiary/aromatic N) is 2. The van der Waals surface area contributed by atoms with Crippen LogP contribution in [-0.4, -0.2) is 50.2 Å². The van der Waals surface area contributed by atoms with E-state index in [4.69, 9.17) is 0 Å². The first-order valence-electron chi connectivity index (χ1n) is 7.12. The third-order valence-corrected chi connectivity index (χ3v) is 8.26. The summed E-state index contributed by atoms with van der Waals surface area (Å²) in [4.78, 5) is 13.5. The van der Waals surface area contributed by atoms with Crippen molar-refractivity contribution in [2.45, 2.75) is 30.4 Å². The van der Waals surface area contributed by atoms with Crippen LogP contribution in [0.25, 0.3) is 0 Å². The van der Waals surface area contributed by atoms with Crippen LogP contribution >= 0.6 is 11.3 Å². The minimum absolute atomic E-state index is 0.0116. The second-order valence-corrected chi connectivity index (χ2v) is 9.27. The maximum absolute atomic E-state index is 12.7. The van der Waals surface area contributed by atoms with Gasteiger partial charge in [-0.3, -0.25) is 4.79 Å². The van der Waals surface area contributed by atoms with Crippen LogP contribution in [-0.2, 0) is 14.8 Å². The molecule has 0 aliphatic carbocycles. The lowest BCUT2D eigenvalue weighted by Crippen LogP contribution is -2.43. The summed E-state index contributed by atoms with van der Waals surface area (Å²) in [6, 6.07) is 1.84. The van der Waals surface area contributed by atoms with E-state index in [-0.39, 0.29) is 11.3 Å². The third kappa shape index (κ3) is 2.51. The molecule has 2 aliphatic heterocycles. The van der Waals surface area contributed by atoms with Crippen LogP contribution in [0, 0.1) is 12.3 Å². The van der Waals surface area contributed by atoms with Gasteiger partial charge in [0.2, 0.25) is 5.91 Å². The van der Waals surface area contributed by atoms with Gasteiger partial charge < -0.3 is 4.90 Å². The van der Waals surface area contributed by atoms with Gasteiger partial charge >= 0.3 is 0 Å². The van der Waals surface area contributed by atoms with Crippen LogP contribution in [0.1, 0.15) is 24.8 Å². The van der Waals surface area contributed by atoms with E-state index in [0.717, 1.165) is 24.9 Å². The summed E-state index contributed by atoms with van der Waals surface area (Å²) in [6.45, 7) is 3.62. The van der Waals surface area contributed by atoms with Crippen molar-refractivity contribution in [1.82, 2.24) is 9.21 Å². The molecular formula is C14H20N2O3S2. The van der Waals surface area contributed by atoms with Crippen LogP contribution < -0.4 is 0 Å². The number of thiophene rings is 1. The number of hydrogen-bond donors (Lipinski definition) is 0. The Balaban J connectivity index is 1.75. The molecule has 1 aromatic heterocycles. The summed E-state index contributed by atoms with van der Waals surface area (Å²) in [5.41, 5.74) is 0.804. The Hall–Kier alpha value is -0.920. The quantitative estimate of drug-likeness (QED) is 0.830. The molecule has 0 aromatic carbocycles. The molecule has 0 atom stereocenters. The van der Waals surface area contributed by atoms with Gasteiger partial charge in [-0.25, -0.2) is 8.42 Å². The largest absolute Gasteiger partial charge is 0.345 e. The van der Waals surface area contributed by atoms with Gasteiger partial charge in [0.25, 0.3) is 10.0 Å². The maximum Gasteiger partial charge on any atom is 0.252 e. The predicted octanol–water partition coefficient (Wildman–Crippen LogP) is 1.69. The summed E-state index contributed by atoms with van der Waals surface area (Å²) in [5.74, 6) is 0.181. The SMILES string of the molecule is Cc1ccsc1S(=O)(=O)N1CCC2(CC1)CC(=O)N(C)C2. The van der Waals surface area contributed by atoms with Gasteiger partial charge in [0.05, 0.1) is 0 Å². The van der Waals surface area contributed by atoms with Crippen molar-refractivity contribution in [3.05, 3.63) is 17.0 Å². The van der Waals surface area contributed by atoms with E-state index in [9.17, 15) is 13.2 Å². The van der Waals surface area contributed by atoms with Crippen molar-refractivity contribution in [2.75, 3.05) is 26.7 Å². The second kappa shape index (κ2) is 5.07. The number of amides is 1. The highest BCUT2D eigenvalue weighted by Gasteiger charge is 2.45. The lowest BCUT2D eigenvalue weighted by atomic mass is 9.78. The van der Waals surface area contributed by atoms with Gasteiger partial charge in [-0.1, -0.05) is 0 Å². The van der Waals surface area contributed by atoms with Crippen LogP contribution in [0.2, 0.25) is 0 Å². The molecule has 21 heavy (non-hydrogen) atoms. The zero-order chi connectivity index (χ0) is 15.3. The van der Waals surface area contributed by atoms with Crippen LogP contribution in [0.3, 0.4) is 0 Å². The Morgan fingerprint density at radius 2 is 1.95 bits per heavy atom. The first-order chi connectivity index (χ1) is 9.84. The van der Waals surface area contributed by atoms with Crippen molar-refractivity contribution in [2.24, 2.45) is 5.41 Å². The number of carbonyl (C=O) groups excluding carboxylic acids is 1. The monoisotopic (exact) mass is 328 g/mol. The molecule has 0 unspecified atom stereocenters. The molecule has 0 N–H and O–H groups in total. The van der Waals surface area contributed by atoms with Crippen LogP contribution in [0.4, 0.5) is 0 Å². The highest BCUT2D eigenvalue weighted by molar-refractivity contribution is 7.91. The zero-order valence-electron chi connectivity index (χ0n) is 12.3. The average molecular weight is 328 g/mol. The van der Waals surface area contributed by atoms with Crippen molar-refractivity contribution < 1.29 is 13.2 Å². The number of aryl methyl sites for hydroxylation is 1. The molecule has 5 nitrogen and oxygen atoms in total. The first kappa shape index (κ1) is 15.0. The molecule has 7 heteroatoms. The Morgan fingerprint density at radius 3 is 2.43 bits per heavy atom. The average Bonchev–Trinajstić information content (AvgIpc) is 2.96. The number of likely N-dealkylation sites (tertiary alicyclic amines) is 1. The van der Waals surface area contributed by atoms with Crippen molar-refractivity contribution >= 4 is 27.3 Å². The van der Waals surface area contributed by atoms with Crippen molar-refractivity contribution in [1.29, 1.82) is 0 Å². The summed E-state index contributed by atoms with van der Waals surface area (Å²) >= 11 is 1.28. The fraction of sp³-hybridized carbons (Fsp3) is 0.643. The van der Waals surface area contributed by atoms with Gasteiger partial charge in [0, 0.05) is 33.1 Å². The minimum Gasteiger partial charge on any atom is -0.345 e. The van der Waals surface area contributed by atoms with E-state index in [1.807, 2.05) is 25.4 Å². The Kier molecular flexibility index (Phi) is 3.62. The van der Waals surface area contributed by atoms with E-state index in [0.29, 0.717) is 23.7 Å². The van der Waals surface area contributed by atoms with E-state index in [2.05, 4.69) is 0 Å². The molecule has 2 aliphatic rings. The highest BCUT2D eigenvalue weighted by Crippen LogP contribution is 2.41. The van der Waals surface area contributed by atoms with Crippen molar-refractivity contribution in [3.63, 3.8) is 0 Å². The molecule has 116 valence electrons. The minimum atomic E-state index is -3.37. The molecule has 1 amide bonds. The Labute approximate surface area is 129 Å². The van der Waals surface area contributed by atoms with E-state index in [1.54, 1.807) is 9.21 Å². The zero-order valence-corrected chi connectivity index (χ0v) is 14.0. The van der Waals surface area contributed by atoms with Gasteiger partial charge in [0.15, 0.2) is 0 Å². The third-order valence-electron chi connectivity index (χ3n) is 4.70. The summed E-state index contributed by atoms with van der Waals surface area (Å²) in [7, 11) is -1.54. The fourth-order valence-electron chi connectivity index (χ4n) is 3.38. The topological polar surface area (TPSA) is 57.7 Å². The Bertz CT molecular complexity index is 658. The van der Waals surface area contributed by atoms with E-state index < -0.39 is 10.0 Å².